The van der Waals surface area contributed by atoms with Crippen LogP contribution >= 0.6 is 12.2 Å². The van der Waals surface area contributed by atoms with Gasteiger partial charge in [0, 0.05) is 11.8 Å². The van der Waals surface area contributed by atoms with Crippen LogP contribution in [0.25, 0.3) is 6.08 Å². The van der Waals surface area contributed by atoms with Crippen molar-refractivity contribution in [1.29, 1.82) is 0 Å². The lowest BCUT2D eigenvalue weighted by Gasteiger charge is -2.03. The molecule has 17 heavy (non-hydrogen) atoms. The quantitative estimate of drug-likeness (QED) is 0.485. The molecule has 0 aromatic heterocycles. The Morgan fingerprint density at radius 3 is 2.65 bits per heavy atom. The van der Waals surface area contributed by atoms with Crippen molar-refractivity contribution in [2.75, 3.05) is 11.9 Å². The fraction of sp³-hybridized carbons (Fsp3) is 0.167. The Hall–Kier alpha value is -1.88. The summed E-state index contributed by atoms with van der Waals surface area (Å²) in [7, 11) is 0. The number of benzene rings is 1. The summed E-state index contributed by atoms with van der Waals surface area (Å²) in [5.74, 6) is -0.349. The van der Waals surface area contributed by atoms with E-state index in [-0.39, 0.29) is 11.1 Å². The normalized spacial score (nSPS) is 10.2. The summed E-state index contributed by atoms with van der Waals surface area (Å²) < 4.78 is 4.77. The maximum Gasteiger partial charge on any atom is 0.330 e. The molecular weight excluding hydrogens is 236 g/mol. The number of nitrogens with one attached hydrogen (secondary N) is 1. The van der Waals surface area contributed by atoms with Gasteiger partial charge in [-0.25, -0.2) is 4.79 Å². The van der Waals surface area contributed by atoms with Crippen molar-refractivity contribution in [1.82, 2.24) is 0 Å². The topological polar surface area (TPSA) is 64.3 Å². The Labute approximate surface area is 105 Å². The van der Waals surface area contributed by atoms with Crippen molar-refractivity contribution in [3.63, 3.8) is 0 Å². The number of esters is 1. The van der Waals surface area contributed by atoms with Crippen LogP contribution in [-0.4, -0.2) is 17.7 Å². The second-order valence-electron chi connectivity index (χ2n) is 3.20. The molecule has 0 bridgehead atoms. The van der Waals surface area contributed by atoms with Gasteiger partial charge in [-0.15, -0.1) is 0 Å². The zero-order valence-corrected chi connectivity index (χ0v) is 10.3. The molecule has 0 saturated heterocycles. The molecule has 0 aliphatic rings. The van der Waals surface area contributed by atoms with Crippen LogP contribution in [0, 0.1) is 0 Å². The Balaban J connectivity index is 2.62. The first-order valence-corrected chi connectivity index (χ1v) is 5.54. The van der Waals surface area contributed by atoms with Gasteiger partial charge < -0.3 is 15.8 Å². The van der Waals surface area contributed by atoms with Gasteiger partial charge in [0.1, 0.15) is 0 Å². The highest BCUT2D eigenvalue weighted by Gasteiger charge is 1.95. The van der Waals surface area contributed by atoms with E-state index in [1.807, 2.05) is 24.3 Å². The summed E-state index contributed by atoms with van der Waals surface area (Å²) in [5.41, 5.74) is 7.05. The number of ether oxygens (including phenoxy) is 1. The summed E-state index contributed by atoms with van der Waals surface area (Å²) in [6.45, 7) is 2.14. The third-order valence-corrected chi connectivity index (χ3v) is 1.98. The van der Waals surface area contributed by atoms with Gasteiger partial charge in [-0.1, -0.05) is 12.1 Å². The van der Waals surface area contributed by atoms with Crippen molar-refractivity contribution in [3.8, 4) is 0 Å². The van der Waals surface area contributed by atoms with Crippen molar-refractivity contribution < 1.29 is 9.53 Å². The van der Waals surface area contributed by atoms with E-state index in [4.69, 9.17) is 22.7 Å². The molecule has 0 unspecified atom stereocenters. The molecule has 0 heterocycles. The molecule has 0 fully saturated rings. The average Bonchev–Trinajstić information content (AvgIpc) is 2.28. The minimum atomic E-state index is -0.349. The molecule has 90 valence electrons. The third kappa shape index (κ3) is 5.12. The number of anilines is 1. The standard InChI is InChI=1S/C12H14N2O2S/c1-2-16-11(15)8-5-9-3-6-10(7-4-9)14-12(13)17/h3-8H,2H2,1H3,(H3,13,14,17). The molecule has 0 saturated carbocycles. The molecule has 5 heteroatoms. The highest BCUT2D eigenvalue weighted by atomic mass is 32.1. The number of nitrogens with two attached hydrogens (primary N) is 1. The second kappa shape index (κ2) is 6.65. The molecule has 0 spiro atoms. The lowest BCUT2D eigenvalue weighted by molar-refractivity contribution is -0.137. The number of hydrogen-bond donors (Lipinski definition) is 2. The van der Waals surface area contributed by atoms with E-state index in [0.717, 1.165) is 11.3 Å². The average molecular weight is 250 g/mol. The predicted octanol–water partition coefficient (Wildman–Crippen LogP) is 1.92. The van der Waals surface area contributed by atoms with Crippen molar-refractivity contribution in [2.45, 2.75) is 6.92 Å². The molecular formula is C12H14N2O2S. The smallest absolute Gasteiger partial charge is 0.330 e. The molecule has 0 amide bonds. The molecule has 0 radical (unpaired) electrons. The van der Waals surface area contributed by atoms with E-state index in [1.54, 1.807) is 13.0 Å². The number of carbonyl (C=O) groups is 1. The van der Waals surface area contributed by atoms with Gasteiger partial charge in [-0.3, -0.25) is 0 Å². The maximum atomic E-state index is 11.1. The van der Waals surface area contributed by atoms with Crippen molar-refractivity contribution >= 4 is 35.1 Å². The second-order valence-corrected chi connectivity index (χ2v) is 3.64. The van der Waals surface area contributed by atoms with Gasteiger partial charge in [0.25, 0.3) is 0 Å². The fourth-order valence-electron chi connectivity index (χ4n) is 1.17. The van der Waals surface area contributed by atoms with Crippen LogP contribution < -0.4 is 11.1 Å². The molecule has 0 atom stereocenters. The van der Waals surface area contributed by atoms with Crippen molar-refractivity contribution in [3.05, 3.63) is 35.9 Å². The molecule has 1 rings (SSSR count). The van der Waals surface area contributed by atoms with Gasteiger partial charge in [0.15, 0.2) is 5.11 Å². The summed E-state index contributed by atoms with van der Waals surface area (Å²) in [6, 6.07) is 7.33. The SMILES string of the molecule is CCOC(=O)C=Cc1ccc(NC(N)=S)cc1. The molecule has 1 aromatic rings. The van der Waals surface area contributed by atoms with Gasteiger partial charge >= 0.3 is 5.97 Å². The molecule has 1 aromatic carbocycles. The van der Waals surface area contributed by atoms with Gasteiger partial charge in [-0.05, 0) is 42.9 Å². The first-order valence-electron chi connectivity index (χ1n) is 5.13. The number of carbonyl (C=O) groups excluding carboxylic acids is 1. The van der Waals surface area contributed by atoms with Crippen LogP contribution in [0.15, 0.2) is 30.3 Å². The minimum absolute atomic E-state index is 0.222. The highest BCUT2D eigenvalue weighted by Crippen LogP contribution is 2.10. The predicted molar refractivity (Wildman–Crippen MR) is 72.5 cm³/mol. The molecule has 4 nitrogen and oxygen atoms in total. The molecule has 0 aliphatic heterocycles. The minimum Gasteiger partial charge on any atom is -0.463 e. The summed E-state index contributed by atoms with van der Waals surface area (Å²) in [5, 5.41) is 3.03. The lowest BCUT2D eigenvalue weighted by atomic mass is 10.2. The van der Waals surface area contributed by atoms with Crippen molar-refractivity contribution in [2.24, 2.45) is 5.73 Å². The zero-order chi connectivity index (χ0) is 12.7. The number of hydrogen-bond acceptors (Lipinski definition) is 3. The molecule has 3 N–H and O–H groups in total. The Morgan fingerprint density at radius 1 is 1.47 bits per heavy atom. The Bertz CT molecular complexity index is 427. The molecule has 0 aliphatic carbocycles. The first kappa shape index (κ1) is 13.2. The maximum absolute atomic E-state index is 11.1. The summed E-state index contributed by atoms with van der Waals surface area (Å²) >= 11 is 4.72. The summed E-state index contributed by atoms with van der Waals surface area (Å²) in [4.78, 5) is 11.1. The largest absolute Gasteiger partial charge is 0.463 e. The van der Waals surface area contributed by atoms with E-state index in [0.29, 0.717) is 6.61 Å². The zero-order valence-electron chi connectivity index (χ0n) is 9.47. The van der Waals surface area contributed by atoms with Gasteiger partial charge in [-0.2, -0.15) is 0 Å². The van der Waals surface area contributed by atoms with Crippen LogP contribution in [0.4, 0.5) is 5.69 Å². The van der Waals surface area contributed by atoms with Gasteiger partial charge in [0.2, 0.25) is 0 Å². The summed E-state index contributed by atoms with van der Waals surface area (Å²) in [6.07, 6.45) is 3.07. The van der Waals surface area contributed by atoms with Gasteiger partial charge in [0.05, 0.1) is 6.61 Å². The Morgan fingerprint density at radius 2 is 2.12 bits per heavy atom. The monoisotopic (exact) mass is 250 g/mol. The number of rotatable bonds is 4. The van der Waals surface area contributed by atoms with E-state index in [9.17, 15) is 4.79 Å². The van der Waals surface area contributed by atoms with E-state index in [2.05, 4.69) is 5.32 Å². The lowest BCUT2D eigenvalue weighted by Crippen LogP contribution is -2.18. The van der Waals surface area contributed by atoms with Crippen LogP contribution in [0.5, 0.6) is 0 Å². The van der Waals surface area contributed by atoms with E-state index < -0.39 is 0 Å². The van der Waals surface area contributed by atoms with E-state index >= 15 is 0 Å². The van der Waals surface area contributed by atoms with Crippen LogP contribution in [-0.2, 0) is 9.53 Å². The van der Waals surface area contributed by atoms with Crippen LogP contribution in [0.1, 0.15) is 12.5 Å². The van der Waals surface area contributed by atoms with E-state index in [1.165, 1.54) is 6.08 Å². The van der Waals surface area contributed by atoms with Crippen LogP contribution in [0.2, 0.25) is 0 Å². The highest BCUT2D eigenvalue weighted by molar-refractivity contribution is 7.80. The fourth-order valence-corrected chi connectivity index (χ4v) is 1.29. The third-order valence-electron chi connectivity index (χ3n) is 1.88. The Kier molecular flexibility index (Phi) is 5.16. The number of thiocarbonyl (C=S) groups is 1. The first-order chi connectivity index (χ1) is 8.11. The van der Waals surface area contributed by atoms with Crippen LogP contribution in [0.3, 0.4) is 0 Å².